The molecule has 4 aliphatic carbocycles. The van der Waals surface area contributed by atoms with Crippen LogP contribution in [0.4, 0.5) is 0 Å². The van der Waals surface area contributed by atoms with Crippen molar-refractivity contribution in [2.75, 3.05) is 0 Å². The second-order valence-electron chi connectivity index (χ2n) is 10.8. The number of rotatable bonds is 1. The molecule has 0 bridgehead atoms. The summed E-state index contributed by atoms with van der Waals surface area (Å²) in [5.74, 6) is 1.76. The summed E-state index contributed by atoms with van der Waals surface area (Å²) in [7, 11) is 0. The Kier molecular flexibility index (Phi) is 4.17. The number of hydrogen-bond donors (Lipinski definition) is 2. The summed E-state index contributed by atoms with van der Waals surface area (Å²) in [6.45, 7) is 4.73. The molecule has 3 unspecified atom stereocenters. The van der Waals surface area contributed by atoms with Gasteiger partial charge in [0, 0.05) is 11.5 Å². The van der Waals surface area contributed by atoms with E-state index >= 15 is 0 Å². The Morgan fingerprint density at radius 2 is 1.82 bits per heavy atom. The average molecular weight is 387 g/mol. The molecule has 1 heterocycles. The van der Waals surface area contributed by atoms with Gasteiger partial charge in [-0.1, -0.05) is 13.8 Å². The smallest absolute Gasteiger partial charge is 0.335 e. The van der Waals surface area contributed by atoms with Crippen molar-refractivity contribution in [1.29, 1.82) is 0 Å². The summed E-state index contributed by atoms with van der Waals surface area (Å²) in [6.07, 6.45) is 10.7. The highest BCUT2D eigenvalue weighted by Gasteiger charge is 2.67. The summed E-state index contributed by atoms with van der Waals surface area (Å²) in [5.41, 5.74) is 0.219. The van der Waals surface area contributed by atoms with Gasteiger partial charge in [0.05, 0.1) is 18.0 Å². The van der Waals surface area contributed by atoms with Crippen LogP contribution >= 0.6 is 0 Å². The van der Waals surface area contributed by atoms with Gasteiger partial charge in [0.1, 0.15) is 0 Å². The molecule has 0 spiro atoms. The molecule has 4 nitrogen and oxygen atoms in total. The zero-order valence-corrected chi connectivity index (χ0v) is 17.2. The van der Waals surface area contributed by atoms with Gasteiger partial charge in [-0.05, 0) is 98.5 Å². The number of fused-ring (bicyclic) bond motifs is 5. The maximum Gasteiger partial charge on any atom is 0.335 e. The lowest BCUT2D eigenvalue weighted by atomic mass is 9.43. The molecule has 0 aromatic carbocycles. The molecule has 0 aliphatic heterocycles. The first-order chi connectivity index (χ1) is 13.3. The lowest BCUT2D eigenvalue weighted by molar-refractivity contribution is -0.205. The van der Waals surface area contributed by atoms with Gasteiger partial charge in [-0.3, -0.25) is 0 Å². The van der Waals surface area contributed by atoms with Gasteiger partial charge < -0.3 is 14.6 Å². The first-order valence-electron chi connectivity index (χ1n) is 11.3. The first-order valence-corrected chi connectivity index (χ1v) is 11.3. The molecule has 28 heavy (non-hydrogen) atoms. The second-order valence-corrected chi connectivity index (χ2v) is 10.8. The van der Waals surface area contributed by atoms with E-state index in [4.69, 9.17) is 4.42 Å². The van der Waals surface area contributed by atoms with Gasteiger partial charge in [-0.15, -0.1) is 0 Å². The maximum atomic E-state index is 12.2. The average Bonchev–Trinajstić information content (AvgIpc) is 2.95. The van der Waals surface area contributed by atoms with Crippen LogP contribution in [0.5, 0.6) is 0 Å². The molecule has 2 N–H and O–H groups in total. The van der Waals surface area contributed by atoms with Crippen LogP contribution in [0.15, 0.2) is 27.6 Å². The molecule has 0 radical (unpaired) electrons. The lowest BCUT2D eigenvalue weighted by Gasteiger charge is -2.63. The Balaban J connectivity index is 1.48. The summed E-state index contributed by atoms with van der Waals surface area (Å²) < 4.78 is 5.17. The fourth-order valence-corrected chi connectivity index (χ4v) is 8.30. The Morgan fingerprint density at radius 3 is 2.57 bits per heavy atom. The highest BCUT2D eigenvalue weighted by molar-refractivity contribution is 5.27. The minimum absolute atomic E-state index is 0.129. The van der Waals surface area contributed by atoms with Crippen molar-refractivity contribution >= 4 is 0 Å². The number of hydrogen-bond acceptors (Lipinski definition) is 4. The Labute approximate surface area is 167 Å². The number of aliphatic hydroxyl groups is 2. The van der Waals surface area contributed by atoms with Crippen LogP contribution in [0, 0.1) is 28.6 Å². The lowest BCUT2D eigenvalue weighted by Crippen LogP contribution is -2.62. The van der Waals surface area contributed by atoms with E-state index in [0.29, 0.717) is 17.8 Å². The fourth-order valence-electron chi connectivity index (χ4n) is 8.30. The molecule has 4 saturated carbocycles. The van der Waals surface area contributed by atoms with E-state index in [1.807, 2.05) is 6.07 Å². The molecule has 4 fully saturated rings. The van der Waals surface area contributed by atoms with Gasteiger partial charge >= 0.3 is 5.63 Å². The van der Waals surface area contributed by atoms with E-state index < -0.39 is 5.60 Å². The minimum Gasteiger partial charge on any atom is -0.431 e. The predicted molar refractivity (Wildman–Crippen MR) is 107 cm³/mol. The largest absolute Gasteiger partial charge is 0.431 e. The SMILES string of the molecule is C[C@]12CC[C@@H](O)C[C@H]1CCC1C2CC[C@]2(C)C(c3ccc(=O)oc3)CC[C@]12O. The third kappa shape index (κ3) is 2.40. The number of aliphatic hydroxyl groups excluding tert-OH is 1. The van der Waals surface area contributed by atoms with Crippen LogP contribution in [0.1, 0.15) is 83.1 Å². The van der Waals surface area contributed by atoms with E-state index in [1.54, 1.807) is 6.26 Å². The zero-order chi connectivity index (χ0) is 19.7. The van der Waals surface area contributed by atoms with Gasteiger partial charge in [-0.2, -0.15) is 0 Å². The summed E-state index contributed by atoms with van der Waals surface area (Å²) in [5, 5.41) is 22.4. The molecular weight excluding hydrogens is 352 g/mol. The molecule has 1 aromatic rings. The molecule has 4 aliphatic rings. The highest BCUT2D eigenvalue weighted by Crippen LogP contribution is 2.70. The van der Waals surface area contributed by atoms with Gasteiger partial charge in [0.2, 0.25) is 0 Å². The Morgan fingerprint density at radius 1 is 1.00 bits per heavy atom. The van der Waals surface area contributed by atoms with Crippen LogP contribution in [0.25, 0.3) is 0 Å². The van der Waals surface area contributed by atoms with Gasteiger partial charge in [0.15, 0.2) is 0 Å². The first kappa shape index (κ1) is 18.9. The molecule has 1 aromatic heterocycles. The summed E-state index contributed by atoms with van der Waals surface area (Å²) in [4.78, 5) is 11.4. The monoisotopic (exact) mass is 386 g/mol. The van der Waals surface area contributed by atoms with E-state index in [1.165, 1.54) is 12.5 Å². The van der Waals surface area contributed by atoms with Gasteiger partial charge in [0.25, 0.3) is 0 Å². The van der Waals surface area contributed by atoms with Crippen LogP contribution in [0.3, 0.4) is 0 Å². The molecule has 5 rings (SSSR count). The third-order valence-electron chi connectivity index (χ3n) is 9.95. The molecule has 154 valence electrons. The topological polar surface area (TPSA) is 70.7 Å². The van der Waals surface area contributed by atoms with Gasteiger partial charge in [-0.25, -0.2) is 4.79 Å². The van der Waals surface area contributed by atoms with Crippen LogP contribution in [-0.2, 0) is 0 Å². The molecule has 0 saturated heterocycles. The van der Waals surface area contributed by atoms with Crippen molar-refractivity contribution in [3.63, 3.8) is 0 Å². The standard InChI is InChI=1S/C24H34O4/c1-22-10-7-17(25)13-16(22)4-5-20-19(22)8-11-23(2)18(9-12-24(20,23)27)15-3-6-21(26)28-14-15/h3,6,14,16-20,25,27H,4-5,7-13H2,1-2H3/t16-,17-,18?,19?,20?,22+,23-,24+/m1/s1. The normalized spacial score (nSPS) is 50.5. The molecule has 8 atom stereocenters. The quantitative estimate of drug-likeness (QED) is 0.757. The molecular formula is C24H34O4. The maximum absolute atomic E-state index is 12.2. The van der Waals surface area contributed by atoms with Crippen molar-refractivity contribution in [2.24, 2.45) is 28.6 Å². The molecule has 4 heteroatoms. The van der Waals surface area contributed by atoms with Crippen molar-refractivity contribution in [2.45, 2.75) is 89.3 Å². The highest BCUT2D eigenvalue weighted by atomic mass is 16.4. The van der Waals surface area contributed by atoms with Crippen molar-refractivity contribution < 1.29 is 14.6 Å². The van der Waals surface area contributed by atoms with Crippen LogP contribution in [0.2, 0.25) is 0 Å². The minimum atomic E-state index is -0.638. The molecule has 0 amide bonds. The third-order valence-corrected chi connectivity index (χ3v) is 9.95. The van der Waals surface area contributed by atoms with E-state index in [2.05, 4.69) is 13.8 Å². The predicted octanol–water partition coefficient (Wildman–Crippen LogP) is 4.24. The van der Waals surface area contributed by atoms with Crippen molar-refractivity contribution in [1.82, 2.24) is 0 Å². The van der Waals surface area contributed by atoms with Crippen molar-refractivity contribution in [3.05, 3.63) is 34.4 Å². The second kappa shape index (κ2) is 6.18. The van der Waals surface area contributed by atoms with E-state index in [0.717, 1.165) is 56.9 Å². The fraction of sp³-hybridized carbons (Fsp3) is 0.792. The summed E-state index contributed by atoms with van der Waals surface area (Å²) in [6, 6.07) is 3.42. The van der Waals surface area contributed by atoms with Crippen LogP contribution in [-0.4, -0.2) is 21.9 Å². The Bertz CT molecular complexity index is 797. The zero-order valence-electron chi connectivity index (χ0n) is 17.2. The van der Waals surface area contributed by atoms with Crippen molar-refractivity contribution in [3.8, 4) is 0 Å². The van der Waals surface area contributed by atoms with Crippen LogP contribution < -0.4 is 5.63 Å². The summed E-state index contributed by atoms with van der Waals surface area (Å²) >= 11 is 0. The van der Waals surface area contributed by atoms with E-state index in [9.17, 15) is 15.0 Å². The van der Waals surface area contributed by atoms with E-state index in [-0.39, 0.29) is 28.5 Å². The Hall–Kier alpha value is -1.13.